The van der Waals surface area contributed by atoms with Gasteiger partial charge in [-0.2, -0.15) is 0 Å². The zero-order valence-electron chi connectivity index (χ0n) is 8.50. The molecule has 0 aromatic heterocycles. The maximum absolute atomic E-state index is 11.3. The maximum Gasteiger partial charge on any atom is 0.243 e. The molecule has 0 atom stereocenters. The van der Waals surface area contributed by atoms with Crippen molar-refractivity contribution in [1.82, 2.24) is 5.32 Å². The first kappa shape index (κ1) is 12.5. The predicted molar refractivity (Wildman–Crippen MR) is 62.1 cm³/mol. The quantitative estimate of drug-likeness (QED) is 0.711. The minimum absolute atomic E-state index is 0.0986. The first-order valence-electron chi connectivity index (χ1n) is 4.64. The average molecular weight is 242 g/mol. The molecule has 0 radical (unpaired) electrons. The van der Waals surface area contributed by atoms with Crippen molar-refractivity contribution < 1.29 is 9.59 Å². The van der Waals surface area contributed by atoms with Crippen molar-refractivity contribution in [2.75, 3.05) is 18.4 Å². The molecule has 0 spiro atoms. The van der Waals surface area contributed by atoms with Crippen LogP contribution in [0.25, 0.3) is 0 Å². The van der Waals surface area contributed by atoms with E-state index in [1.807, 2.05) is 0 Å². The lowest BCUT2D eigenvalue weighted by molar-refractivity contribution is -0.123. The van der Waals surface area contributed by atoms with Crippen molar-refractivity contribution in [3.8, 4) is 0 Å². The van der Waals surface area contributed by atoms with E-state index < -0.39 is 0 Å². The fraction of sp³-hybridized carbons (Fsp3) is 0.200. The summed E-state index contributed by atoms with van der Waals surface area (Å²) < 4.78 is 0. The van der Waals surface area contributed by atoms with E-state index in [4.69, 9.17) is 17.3 Å². The second-order valence-electron chi connectivity index (χ2n) is 3.04. The second kappa shape index (κ2) is 6.09. The van der Waals surface area contributed by atoms with Gasteiger partial charge in [0.05, 0.1) is 13.1 Å². The molecule has 0 aliphatic rings. The number of rotatable bonds is 4. The molecular formula is C10H12ClN3O2. The summed E-state index contributed by atoms with van der Waals surface area (Å²) in [5.74, 6) is -0.685. The van der Waals surface area contributed by atoms with Crippen molar-refractivity contribution in [2.45, 2.75) is 0 Å². The van der Waals surface area contributed by atoms with Crippen LogP contribution in [-0.4, -0.2) is 24.9 Å². The third-order valence-corrected chi connectivity index (χ3v) is 2.01. The fourth-order valence-electron chi connectivity index (χ4n) is 0.989. The van der Waals surface area contributed by atoms with Gasteiger partial charge in [0.25, 0.3) is 0 Å². The molecule has 6 heteroatoms. The number of halogens is 1. The van der Waals surface area contributed by atoms with Crippen molar-refractivity contribution in [3.05, 3.63) is 29.3 Å². The molecule has 0 unspecified atom stereocenters. The van der Waals surface area contributed by atoms with E-state index in [0.29, 0.717) is 10.7 Å². The Morgan fingerprint density at radius 1 is 1.19 bits per heavy atom. The SMILES string of the molecule is NCC(=O)NCC(=O)Nc1ccc(Cl)cc1. The summed E-state index contributed by atoms with van der Waals surface area (Å²) >= 11 is 5.69. The summed E-state index contributed by atoms with van der Waals surface area (Å²) in [4.78, 5) is 22.1. The molecule has 2 amide bonds. The number of anilines is 1. The lowest BCUT2D eigenvalue weighted by atomic mass is 10.3. The van der Waals surface area contributed by atoms with Crippen LogP contribution in [0.3, 0.4) is 0 Å². The van der Waals surface area contributed by atoms with Crippen LogP contribution < -0.4 is 16.4 Å². The van der Waals surface area contributed by atoms with Crippen LogP contribution >= 0.6 is 11.6 Å². The summed E-state index contributed by atoms with van der Waals surface area (Å²) in [7, 11) is 0. The number of amides is 2. The van der Waals surface area contributed by atoms with E-state index in [9.17, 15) is 9.59 Å². The van der Waals surface area contributed by atoms with E-state index in [-0.39, 0.29) is 24.9 Å². The Balaban J connectivity index is 2.40. The largest absolute Gasteiger partial charge is 0.346 e. The van der Waals surface area contributed by atoms with Crippen molar-refractivity contribution in [1.29, 1.82) is 0 Å². The van der Waals surface area contributed by atoms with Gasteiger partial charge in [-0.15, -0.1) is 0 Å². The summed E-state index contributed by atoms with van der Waals surface area (Å²) in [6.45, 7) is -0.229. The van der Waals surface area contributed by atoms with Gasteiger partial charge in [0, 0.05) is 10.7 Å². The number of carbonyl (C=O) groups is 2. The monoisotopic (exact) mass is 241 g/mol. The number of hydrogen-bond donors (Lipinski definition) is 3. The summed E-state index contributed by atoms with van der Waals surface area (Å²) in [5, 5.41) is 5.55. The zero-order chi connectivity index (χ0) is 12.0. The van der Waals surface area contributed by atoms with Crippen LogP contribution in [0, 0.1) is 0 Å². The van der Waals surface area contributed by atoms with Crippen molar-refractivity contribution in [2.24, 2.45) is 5.73 Å². The van der Waals surface area contributed by atoms with Gasteiger partial charge in [-0.05, 0) is 24.3 Å². The Morgan fingerprint density at radius 3 is 2.38 bits per heavy atom. The van der Waals surface area contributed by atoms with Gasteiger partial charge >= 0.3 is 0 Å². The molecular weight excluding hydrogens is 230 g/mol. The van der Waals surface area contributed by atoms with Gasteiger partial charge in [0.2, 0.25) is 11.8 Å². The highest BCUT2D eigenvalue weighted by Gasteiger charge is 2.03. The highest BCUT2D eigenvalue weighted by atomic mass is 35.5. The lowest BCUT2D eigenvalue weighted by Crippen LogP contribution is -2.36. The fourth-order valence-corrected chi connectivity index (χ4v) is 1.12. The van der Waals surface area contributed by atoms with Crippen LogP contribution in [-0.2, 0) is 9.59 Å². The minimum Gasteiger partial charge on any atom is -0.346 e. The Bertz CT molecular complexity index is 378. The molecule has 0 bridgehead atoms. The van der Waals surface area contributed by atoms with Crippen LogP contribution in [0.4, 0.5) is 5.69 Å². The molecule has 4 N–H and O–H groups in total. The van der Waals surface area contributed by atoms with Gasteiger partial charge in [0.1, 0.15) is 0 Å². The molecule has 0 saturated carbocycles. The molecule has 5 nitrogen and oxygen atoms in total. The molecule has 0 saturated heterocycles. The standard InChI is InChI=1S/C10H12ClN3O2/c11-7-1-3-8(4-2-7)14-10(16)6-13-9(15)5-12/h1-4H,5-6,12H2,(H,13,15)(H,14,16). The van der Waals surface area contributed by atoms with E-state index in [1.54, 1.807) is 24.3 Å². The maximum atomic E-state index is 11.3. The molecule has 16 heavy (non-hydrogen) atoms. The van der Waals surface area contributed by atoms with Gasteiger partial charge in [-0.25, -0.2) is 0 Å². The number of nitrogens with two attached hydrogens (primary N) is 1. The Morgan fingerprint density at radius 2 is 1.81 bits per heavy atom. The van der Waals surface area contributed by atoms with Gasteiger partial charge < -0.3 is 16.4 Å². The molecule has 0 heterocycles. The van der Waals surface area contributed by atoms with Gasteiger partial charge in [-0.1, -0.05) is 11.6 Å². The van der Waals surface area contributed by atoms with Gasteiger partial charge in [-0.3, -0.25) is 9.59 Å². The normalized spacial score (nSPS) is 9.62. The second-order valence-corrected chi connectivity index (χ2v) is 3.47. The van der Waals surface area contributed by atoms with E-state index in [1.165, 1.54) is 0 Å². The molecule has 0 aliphatic heterocycles. The third kappa shape index (κ3) is 4.29. The highest BCUT2D eigenvalue weighted by Crippen LogP contribution is 2.12. The van der Waals surface area contributed by atoms with E-state index >= 15 is 0 Å². The predicted octanol–water partition coefficient (Wildman–Crippen LogP) is 0.353. The minimum atomic E-state index is -0.369. The van der Waals surface area contributed by atoms with Crippen molar-refractivity contribution in [3.63, 3.8) is 0 Å². The zero-order valence-corrected chi connectivity index (χ0v) is 9.25. The Labute approximate surface area is 98.0 Å². The molecule has 0 fully saturated rings. The smallest absolute Gasteiger partial charge is 0.243 e. The van der Waals surface area contributed by atoms with E-state index in [0.717, 1.165) is 0 Å². The number of nitrogens with one attached hydrogen (secondary N) is 2. The third-order valence-electron chi connectivity index (χ3n) is 1.76. The summed E-state index contributed by atoms with van der Waals surface area (Å²) in [6.07, 6.45) is 0. The number of hydrogen-bond acceptors (Lipinski definition) is 3. The van der Waals surface area contributed by atoms with Crippen molar-refractivity contribution >= 4 is 29.1 Å². The molecule has 1 aromatic rings. The Kier molecular flexibility index (Phi) is 4.75. The first-order valence-corrected chi connectivity index (χ1v) is 5.02. The van der Waals surface area contributed by atoms with Crippen LogP contribution in [0.15, 0.2) is 24.3 Å². The first-order chi connectivity index (χ1) is 7.61. The highest BCUT2D eigenvalue weighted by molar-refractivity contribution is 6.30. The topological polar surface area (TPSA) is 84.2 Å². The molecule has 1 rings (SSSR count). The number of benzene rings is 1. The molecule has 86 valence electrons. The number of carbonyl (C=O) groups excluding carboxylic acids is 2. The van der Waals surface area contributed by atoms with Crippen LogP contribution in [0.1, 0.15) is 0 Å². The Hall–Kier alpha value is -1.59. The lowest BCUT2D eigenvalue weighted by Gasteiger charge is -2.05. The van der Waals surface area contributed by atoms with Gasteiger partial charge in [0.15, 0.2) is 0 Å². The summed E-state index contributed by atoms with van der Waals surface area (Å²) in [6, 6.07) is 6.67. The average Bonchev–Trinajstić information content (AvgIpc) is 2.29. The van der Waals surface area contributed by atoms with Crippen LogP contribution in [0.5, 0.6) is 0 Å². The summed E-state index contributed by atoms with van der Waals surface area (Å²) in [5.41, 5.74) is 5.69. The van der Waals surface area contributed by atoms with Crippen LogP contribution in [0.2, 0.25) is 5.02 Å². The molecule has 0 aliphatic carbocycles. The molecule has 1 aromatic carbocycles. The van der Waals surface area contributed by atoms with E-state index in [2.05, 4.69) is 10.6 Å².